The number of aromatic nitrogens is 2. The molecule has 1 aliphatic rings. The van der Waals surface area contributed by atoms with E-state index >= 15 is 0 Å². The molecule has 9 nitrogen and oxygen atoms in total. The molecule has 9 heteroatoms. The molecule has 0 aliphatic carbocycles. The second-order valence-electron chi connectivity index (χ2n) is 8.52. The van der Waals surface area contributed by atoms with Gasteiger partial charge in [-0.2, -0.15) is 5.10 Å². The van der Waals surface area contributed by atoms with E-state index in [2.05, 4.69) is 15.7 Å². The predicted molar refractivity (Wildman–Crippen MR) is 124 cm³/mol. The van der Waals surface area contributed by atoms with Crippen molar-refractivity contribution in [3.63, 3.8) is 0 Å². The average Bonchev–Trinajstić information content (AvgIpc) is 3.31. The molecule has 176 valence electrons. The minimum atomic E-state index is -0.313. The van der Waals surface area contributed by atoms with E-state index in [1.165, 1.54) is 4.90 Å². The standard InChI is InChI=1S/C24H31N5O4/c1-4-28-15-19(21(27-28)22(31)25-14-16(2)3)26-20(30)12-6-5-9-13-29-23(32)17-10-7-8-11-18(17)24(29)33/h7-8,10-11,15-16H,4-6,9,12-14H2,1-3H3,(H,25,31)(H,26,30). The molecule has 3 rings (SSSR count). The number of anilines is 1. The predicted octanol–water partition coefficient (Wildman–Crippen LogP) is 3.08. The van der Waals surface area contributed by atoms with Crippen LogP contribution in [0.1, 0.15) is 77.7 Å². The summed E-state index contributed by atoms with van der Waals surface area (Å²) in [6.07, 6.45) is 3.84. The maximum absolute atomic E-state index is 12.4. The smallest absolute Gasteiger partial charge is 0.273 e. The Labute approximate surface area is 193 Å². The highest BCUT2D eigenvalue weighted by molar-refractivity contribution is 6.21. The monoisotopic (exact) mass is 453 g/mol. The molecular formula is C24H31N5O4. The van der Waals surface area contributed by atoms with Crippen molar-refractivity contribution in [1.82, 2.24) is 20.0 Å². The van der Waals surface area contributed by atoms with E-state index in [-0.39, 0.29) is 35.7 Å². The van der Waals surface area contributed by atoms with Gasteiger partial charge in [-0.15, -0.1) is 0 Å². The summed E-state index contributed by atoms with van der Waals surface area (Å²) < 4.78 is 1.61. The molecule has 1 aromatic heterocycles. The number of amides is 4. The van der Waals surface area contributed by atoms with E-state index in [9.17, 15) is 19.2 Å². The van der Waals surface area contributed by atoms with Crippen LogP contribution in [0.2, 0.25) is 0 Å². The molecule has 1 aromatic carbocycles. The Hall–Kier alpha value is -3.49. The van der Waals surface area contributed by atoms with Crippen LogP contribution < -0.4 is 10.6 Å². The van der Waals surface area contributed by atoms with Crippen molar-refractivity contribution in [1.29, 1.82) is 0 Å². The second-order valence-corrected chi connectivity index (χ2v) is 8.52. The molecule has 0 fully saturated rings. The van der Waals surface area contributed by atoms with Crippen LogP contribution in [0.4, 0.5) is 5.69 Å². The van der Waals surface area contributed by atoms with E-state index in [0.717, 1.165) is 0 Å². The lowest BCUT2D eigenvalue weighted by atomic mass is 10.1. The molecule has 0 bridgehead atoms. The van der Waals surface area contributed by atoms with Gasteiger partial charge < -0.3 is 10.6 Å². The zero-order chi connectivity index (χ0) is 24.0. The molecule has 2 N–H and O–H groups in total. The quantitative estimate of drug-likeness (QED) is 0.401. The fourth-order valence-corrected chi connectivity index (χ4v) is 3.61. The van der Waals surface area contributed by atoms with Crippen molar-refractivity contribution in [2.45, 2.75) is 53.0 Å². The fourth-order valence-electron chi connectivity index (χ4n) is 3.61. The van der Waals surface area contributed by atoms with Gasteiger partial charge in [0.2, 0.25) is 5.91 Å². The Bertz CT molecular complexity index is 1010. The third kappa shape index (κ3) is 5.85. The highest BCUT2D eigenvalue weighted by atomic mass is 16.2. The molecule has 1 aliphatic heterocycles. The Morgan fingerprint density at radius 2 is 1.70 bits per heavy atom. The first-order valence-electron chi connectivity index (χ1n) is 11.4. The molecule has 4 amide bonds. The number of unbranched alkanes of at least 4 members (excludes halogenated alkanes) is 2. The third-order valence-electron chi connectivity index (χ3n) is 5.41. The number of aryl methyl sites for hydroxylation is 1. The van der Waals surface area contributed by atoms with Crippen LogP contribution in [0.5, 0.6) is 0 Å². The summed E-state index contributed by atoms with van der Waals surface area (Å²) in [7, 11) is 0. The maximum atomic E-state index is 12.4. The summed E-state index contributed by atoms with van der Waals surface area (Å²) in [5, 5.41) is 9.88. The second kappa shape index (κ2) is 10.9. The first-order valence-corrected chi connectivity index (χ1v) is 11.4. The topological polar surface area (TPSA) is 113 Å². The number of carbonyl (C=O) groups excluding carboxylic acids is 4. The first-order chi connectivity index (χ1) is 15.8. The molecule has 33 heavy (non-hydrogen) atoms. The summed E-state index contributed by atoms with van der Waals surface area (Å²) in [6, 6.07) is 6.82. The van der Waals surface area contributed by atoms with Crippen molar-refractivity contribution in [3.05, 3.63) is 47.3 Å². The van der Waals surface area contributed by atoms with Crippen molar-refractivity contribution in [2.24, 2.45) is 5.92 Å². The van der Waals surface area contributed by atoms with Crippen molar-refractivity contribution in [3.8, 4) is 0 Å². The number of imide groups is 1. The van der Waals surface area contributed by atoms with Gasteiger partial charge in [0.1, 0.15) is 0 Å². The van der Waals surface area contributed by atoms with Crippen LogP contribution in [0.25, 0.3) is 0 Å². The Morgan fingerprint density at radius 3 is 2.30 bits per heavy atom. The van der Waals surface area contributed by atoms with Crippen molar-refractivity contribution >= 4 is 29.3 Å². The molecule has 0 unspecified atom stereocenters. The zero-order valence-corrected chi connectivity index (χ0v) is 19.4. The number of nitrogens with one attached hydrogen (secondary N) is 2. The molecule has 2 aromatic rings. The summed E-state index contributed by atoms with van der Waals surface area (Å²) in [5.41, 5.74) is 1.50. The number of benzene rings is 1. The maximum Gasteiger partial charge on any atom is 0.273 e. The minimum Gasteiger partial charge on any atom is -0.350 e. The van der Waals surface area contributed by atoms with Gasteiger partial charge in [-0.05, 0) is 37.8 Å². The van der Waals surface area contributed by atoms with Gasteiger partial charge in [0.15, 0.2) is 5.69 Å². The van der Waals surface area contributed by atoms with Crippen molar-refractivity contribution in [2.75, 3.05) is 18.4 Å². The normalized spacial score (nSPS) is 12.9. The van der Waals surface area contributed by atoms with Crippen LogP contribution in [0, 0.1) is 5.92 Å². The van der Waals surface area contributed by atoms with Crippen LogP contribution in [-0.2, 0) is 11.3 Å². The Balaban J connectivity index is 1.45. The average molecular weight is 454 g/mol. The first kappa shape index (κ1) is 24.2. The summed E-state index contributed by atoms with van der Waals surface area (Å²) >= 11 is 0. The summed E-state index contributed by atoms with van der Waals surface area (Å²) in [4.78, 5) is 50.9. The molecule has 0 spiro atoms. The SMILES string of the molecule is CCn1cc(NC(=O)CCCCCN2C(=O)c3ccccc3C2=O)c(C(=O)NCC(C)C)n1. The van der Waals surface area contributed by atoms with E-state index in [4.69, 9.17) is 0 Å². The van der Waals surface area contributed by atoms with Gasteiger partial charge in [-0.1, -0.05) is 32.4 Å². The van der Waals surface area contributed by atoms with E-state index in [1.54, 1.807) is 35.1 Å². The minimum absolute atomic E-state index is 0.204. The lowest BCUT2D eigenvalue weighted by molar-refractivity contribution is -0.116. The lowest BCUT2D eigenvalue weighted by Gasteiger charge is -2.13. The highest BCUT2D eigenvalue weighted by Gasteiger charge is 2.34. The van der Waals surface area contributed by atoms with Gasteiger partial charge in [0.25, 0.3) is 17.7 Å². The van der Waals surface area contributed by atoms with Gasteiger partial charge >= 0.3 is 0 Å². The van der Waals surface area contributed by atoms with Crippen LogP contribution >= 0.6 is 0 Å². The van der Waals surface area contributed by atoms with Gasteiger partial charge in [-0.25, -0.2) is 0 Å². The van der Waals surface area contributed by atoms with Gasteiger partial charge in [-0.3, -0.25) is 28.8 Å². The zero-order valence-electron chi connectivity index (χ0n) is 19.4. The number of carbonyl (C=O) groups is 4. The lowest BCUT2D eigenvalue weighted by Crippen LogP contribution is -2.30. The molecule has 0 saturated carbocycles. The van der Waals surface area contributed by atoms with Gasteiger partial charge in [0.05, 0.1) is 16.8 Å². The van der Waals surface area contributed by atoms with Crippen LogP contribution in [0.15, 0.2) is 30.5 Å². The highest BCUT2D eigenvalue weighted by Crippen LogP contribution is 2.23. The largest absolute Gasteiger partial charge is 0.350 e. The Morgan fingerprint density at radius 1 is 1.03 bits per heavy atom. The number of nitrogens with zero attached hydrogens (tertiary/aromatic N) is 3. The number of hydrogen-bond acceptors (Lipinski definition) is 5. The van der Waals surface area contributed by atoms with Crippen molar-refractivity contribution < 1.29 is 19.2 Å². The molecule has 0 radical (unpaired) electrons. The Kier molecular flexibility index (Phi) is 7.97. The molecule has 0 atom stereocenters. The van der Waals surface area contributed by atoms with Crippen LogP contribution in [-0.4, -0.2) is 51.4 Å². The van der Waals surface area contributed by atoms with E-state index < -0.39 is 0 Å². The van der Waals surface area contributed by atoms with E-state index in [0.29, 0.717) is 61.6 Å². The number of hydrogen-bond donors (Lipinski definition) is 2. The number of rotatable bonds is 11. The molecular weight excluding hydrogens is 422 g/mol. The van der Waals surface area contributed by atoms with E-state index in [1.807, 2.05) is 20.8 Å². The third-order valence-corrected chi connectivity index (χ3v) is 5.41. The molecule has 0 saturated heterocycles. The summed E-state index contributed by atoms with van der Waals surface area (Å²) in [6.45, 7) is 7.35. The molecule has 2 heterocycles. The van der Waals surface area contributed by atoms with Crippen LogP contribution in [0.3, 0.4) is 0 Å². The fraction of sp³-hybridized carbons (Fsp3) is 0.458. The van der Waals surface area contributed by atoms with Gasteiger partial charge in [0, 0.05) is 32.3 Å². The number of fused-ring (bicyclic) bond motifs is 1. The summed E-state index contributed by atoms with van der Waals surface area (Å²) in [5.74, 6) is -0.730.